The summed E-state index contributed by atoms with van der Waals surface area (Å²) < 4.78 is 5.70. The van der Waals surface area contributed by atoms with E-state index in [0.29, 0.717) is 23.5 Å². The number of carbonyl (C=O) groups is 2. The lowest BCUT2D eigenvalue weighted by molar-refractivity contribution is -0.122. The highest BCUT2D eigenvalue weighted by molar-refractivity contribution is 6.04. The molecule has 0 aliphatic heterocycles. The second kappa shape index (κ2) is 9.55. The molecule has 29 heavy (non-hydrogen) atoms. The third-order valence-corrected chi connectivity index (χ3v) is 4.43. The highest BCUT2D eigenvalue weighted by Crippen LogP contribution is 2.18. The molecule has 1 atom stereocenters. The molecule has 5 heteroatoms. The van der Waals surface area contributed by atoms with Gasteiger partial charge in [-0.2, -0.15) is 0 Å². The van der Waals surface area contributed by atoms with Crippen LogP contribution in [-0.4, -0.2) is 17.9 Å². The molecule has 0 aliphatic carbocycles. The van der Waals surface area contributed by atoms with Crippen LogP contribution in [0.5, 0.6) is 5.75 Å². The summed E-state index contributed by atoms with van der Waals surface area (Å²) in [6.45, 7) is 4.07. The predicted octanol–water partition coefficient (Wildman–Crippen LogP) is 4.33. The van der Waals surface area contributed by atoms with Gasteiger partial charge in [-0.25, -0.2) is 0 Å². The largest absolute Gasteiger partial charge is 0.481 e. The molecule has 148 valence electrons. The molecular formula is C24H24N2O3. The first-order valence-electron chi connectivity index (χ1n) is 9.48. The van der Waals surface area contributed by atoms with Crippen molar-refractivity contribution >= 4 is 17.5 Å². The van der Waals surface area contributed by atoms with Crippen molar-refractivity contribution < 1.29 is 14.3 Å². The van der Waals surface area contributed by atoms with Gasteiger partial charge in [0.15, 0.2) is 6.10 Å². The van der Waals surface area contributed by atoms with E-state index >= 15 is 0 Å². The van der Waals surface area contributed by atoms with Gasteiger partial charge < -0.3 is 15.4 Å². The zero-order valence-corrected chi connectivity index (χ0v) is 16.5. The first kappa shape index (κ1) is 20.1. The van der Waals surface area contributed by atoms with Gasteiger partial charge >= 0.3 is 0 Å². The summed E-state index contributed by atoms with van der Waals surface area (Å²) in [5, 5.41) is 5.68. The molecule has 2 amide bonds. The fourth-order valence-electron chi connectivity index (χ4n) is 2.77. The molecule has 2 N–H and O–H groups in total. The molecule has 3 rings (SSSR count). The van der Waals surface area contributed by atoms with Crippen molar-refractivity contribution in [2.45, 2.75) is 26.5 Å². The SMILES string of the molecule is Cc1ccc(O[C@@H](C)C(=O)Nc2ccccc2C(=O)NCc2ccccc2)cc1. The Labute approximate surface area is 170 Å². The Bertz CT molecular complexity index is 969. The van der Waals surface area contributed by atoms with Gasteiger partial charge in [0.05, 0.1) is 11.3 Å². The van der Waals surface area contributed by atoms with Crippen molar-refractivity contribution in [1.82, 2.24) is 5.32 Å². The van der Waals surface area contributed by atoms with Gasteiger partial charge in [0.1, 0.15) is 5.75 Å². The van der Waals surface area contributed by atoms with Gasteiger partial charge in [-0.05, 0) is 43.7 Å². The van der Waals surface area contributed by atoms with Crippen molar-refractivity contribution in [3.05, 3.63) is 95.6 Å². The van der Waals surface area contributed by atoms with E-state index in [4.69, 9.17) is 4.74 Å². The monoisotopic (exact) mass is 388 g/mol. The molecule has 0 aromatic heterocycles. The van der Waals surface area contributed by atoms with Crippen LogP contribution in [0.15, 0.2) is 78.9 Å². The van der Waals surface area contributed by atoms with E-state index in [0.717, 1.165) is 11.1 Å². The Morgan fingerprint density at radius 1 is 0.897 bits per heavy atom. The van der Waals surface area contributed by atoms with Crippen molar-refractivity contribution in [2.24, 2.45) is 0 Å². The van der Waals surface area contributed by atoms with Crippen LogP contribution >= 0.6 is 0 Å². The van der Waals surface area contributed by atoms with Gasteiger partial charge in [0.25, 0.3) is 11.8 Å². The van der Waals surface area contributed by atoms with Crippen LogP contribution in [0.4, 0.5) is 5.69 Å². The minimum atomic E-state index is -0.710. The zero-order chi connectivity index (χ0) is 20.6. The molecular weight excluding hydrogens is 364 g/mol. The average Bonchev–Trinajstić information content (AvgIpc) is 2.74. The summed E-state index contributed by atoms with van der Waals surface area (Å²) in [6.07, 6.45) is -0.710. The molecule has 0 aliphatic rings. The number of aryl methyl sites for hydroxylation is 1. The smallest absolute Gasteiger partial charge is 0.265 e. The van der Waals surface area contributed by atoms with Crippen LogP contribution in [0.3, 0.4) is 0 Å². The van der Waals surface area contributed by atoms with Crippen LogP contribution in [0.2, 0.25) is 0 Å². The predicted molar refractivity (Wildman–Crippen MR) is 114 cm³/mol. The standard InChI is InChI=1S/C24H24N2O3/c1-17-12-14-20(15-13-17)29-18(2)23(27)26-22-11-7-6-10-21(22)24(28)25-16-19-8-4-3-5-9-19/h3-15,18H,16H2,1-2H3,(H,25,28)(H,26,27)/t18-/m0/s1. The molecule has 0 radical (unpaired) electrons. The molecule has 0 saturated carbocycles. The average molecular weight is 388 g/mol. The zero-order valence-electron chi connectivity index (χ0n) is 16.5. The van der Waals surface area contributed by atoms with Gasteiger partial charge in [-0.1, -0.05) is 60.2 Å². The minimum absolute atomic E-state index is 0.253. The van der Waals surface area contributed by atoms with E-state index in [1.165, 1.54) is 0 Å². The third-order valence-electron chi connectivity index (χ3n) is 4.43. The number of ether oxygens (including phenoxy) is 1. The first-order chi connectivity index (χ1) is 14.0. The van der Waals surface area contributed by atoms with E-state index in [1.807, 2.05) is 61.5 Å². The molecule has 0 unspecified atom stereocenters. The maximum Gasteiger partial charge on any atom is 0.265 e. The Hall–Kier alpha value is -3.60. The summed E-state index contributed by atoms with van der Waals surface area (Å²) in [5.74, 6) is 0.0397. The molecule has 0 saturated heterocycles. The molecule has 0 heterocycles. The molecule has 0 spiro atoms. The van der Waals surface area contributed by atoms with Crippen LogP contribution < -0.4 is 15.4 Å². The van der Waals surface area contributed by atoms with E-state index in [-0.39, 0.29) is 11.8 Å². The lowest BCUT2D eigenvalue weighted by Gasteiger charge is -2.16. The normalized spacial score (nSPS) is 11.4. The highest BCUT2D eigenvalue weighted by Gasteiger charge is 2.18. The highest BCUT2D eigenvalue weighted by atomic mass is 16.5. The summed E-state index contributed by atoms with van der Waals surface area (Å²) in [5.41, 5.74) is 2.97. The topological polar surface area (TPSA) is 67.4 Å². The van der Waals surface area contributed by atoms with E-state index in [9.17, 15) is 9.59 Å². The Morgan fingerprint density at radius 2 is 1.55 bits per heavy atom. The van der Waals surface area contributed by atoms with Gasteiger partial charge in [-0.3, -0.25) is 9.59 Å². The van der Waals surface area contributed by atoms with Crippen LogP contribution in [0.1, 0.15) is 28.4 Å². The lowest BCUT2D eigenvalue weighted by atomic mass is 10.1. The minimum Gasteiger partial charge on any atom is -0.481 e. The molecule has 0 fully saturated rings. The summed E-state index contributed by atoms with van der Waals surface area (Å²) in [4.78, 5) is 25.2. The van der Waals surface area contributed by atoms with E-state index < -0.39 is 6.10 Å². The number of hydrogen-bond acceptors (Lipinski definition) is 3. The van der Waals surface area contributed by atoms with Crippen LogP contribution in [-0.2, 0) is 11.3 Å². The number of hydrogen-bond donors (Lipinski definition) is 2. The third kappa shape index (κ3) is 5.69. The second-order valence-corrected chi connectivity index (χ2v) is 6.78. The Kier molecular flexibility index (Phi) is 6.63. The van der Waals surface area contributed by atoms with Crippen LogP contribution in [0, 0.1) is 6.92 Å². The maximum atomic E-state index is 12.6. The second-order valence-electron chi connectivity index (χ2n) is 6.78. The number of rotatable bonds is 7. The first-order valence-corrected chi connectivity index (χ1v) is 9.48. The van der Waals surface area contributed by atoms with Crippen molar-refractivity contribution in [2.75, 3.05) is 5.32 Å². The lowest BCUT2D eigenvalue weighted by Crippen LogP contribution is -2.31. The van der Waals surface area contributed by atoms with Gasteiger partial charge in [0.2, 0.25) is 0 Å². The van der Waals surface area contributed by atoms with E-state index in [2.05, 4.69) is 10.6 Å². The number of carbonyl (C=O) groups excluding carboxylic acids is 2. The van der Waals surface area contributed by atoms with Gasteiger partial charge in [0, 0.05) is 6.54 Å². The van der Waals surface area contributed by atoms with Crippen molar-refractivity contribution in [3.63, 3.8) is 0 Å². The van der Waals surface area contributed by atoms with Crippen LogP contribution in [0.25, 0.3) is 0 Å². The summed E-state index contributed by atoms with van der Waals surface area (Å²) in [6, 6.07) is 24.1. The molecule has 5 nitrogen and oxygen atoms in total. The number of nitrogens with one attached hydrogen (secondary N) is 2. The maximum absolute atomic E-state index is 12.6. The number of benzene rings is 3. The molecule has 0 bridgehead atoms. The van der Waals surface area contributed by atoms with Crippen molar-refractivity contribution in [3.8, 4) is 5.75 Å². The quantitative estimate of drug-likeness (QED) is 0.633. The number of amides is 2. The fourth-order valence-corrected chi connectivity index (χ4v) is 2.77. The Balaban J connectivity index is 1.63. The number of para-hydroxylation sites is 1. The fraction of sp³-hybridized carbons (Fsp3) is 0.167. The van der Waals surface area contributed by atoms with Gasteiger partial charge in [-0.15, -0.1) is 0 Å². The molecule has 3 aromatic rings. The van der Waals surface area contributed by atoms with Crippen molar-refractivity contribution in [1.29, 1.82) is 0 Å². The summed E-state index contributed by atoms with van der Waals surface area (Å²) in [7, 11) is 0. The Morgan fingerprint density at radius 3 is 2.28 bits per heavy atom. The molecule has 3 aromatic carbocycles. The number of anilines is 1. The summed E-state index contributed by atoms with van der Waals surface area (Å²) >= 11 is 0. The van der Waals surface area contributed by atoms with E-state index in [1.54, 1.807) is 31.2 Å².